The molecule has 25 heavy (non-hydrogen) atoms. The lowest BCUT2D eigenvalue weighted by atomic mass is 10.0. The van der Waals surface area contributed by atoms with Crippen LogP contribution in [0.15, 0.2) is 51.6 Å². The van der Waals surface area contributed by atoms with E-state index in [0.717, 1.165) is 38.5 Å². The van der Waals surface area contributed by atoms with E-state index >= 15 is 0 Å². The number of nitrogens with zero attached hydrogens (tertiary/aromatic N) is 1. The molecule has 0 N–H and O–H groups in total. The quantitative estimate of drug-likeness (QED) is 0.312. The smallest absolute Gasteiger partial charge is 0.227 e. The second kappa shape index (κ2) is 11.8. The fraction of sp³-hybridized carbons (Fsp3) is 0.591. The van der Waals surface area contributed by atoms with Gasteiger partial charge in [-0.1, -0.05) is 40.5 Å². The third-order valence-electron chi connectivity index (χ3n) is 4.16. The molecule has 1 atom stereocenters. The van der Waals surface area contributed by atoms with Gasteiger partial charge >= 0.3 is 0 Å². The van der Waals surface area contributed by atoms with E-state index in [1.54, 1.807) is 0 Å². The summed E-state index contributed by atoms with van der Waals surface area (Å²) in [7, 11) is 0. The molecule has 1 aliphatic heterocycles. The largest absolute Gasteiger partial charge is 0.473 e. The van der Waals surface area contributed by atoms with Crippen molar-refractivity contribution in [3.63, 3.8) is 0 Å². The van der Waals surface area contributed by atoms with Crippen molar-refractivity contribution < 1.29 is 9.13 Å². The van der Waals surface area contributed by atoms with Gasteiger partial charge in [-0.15, -0.1) is 0 Å². The number of ether oxygens (including phenoxy) is 1. The lowest BCUT2D eigenvalue weighted by Crippen LogP contribution is -1.97. The molecule has 0 saturated heterocycles. The molecule has 0 aliphatic carbocycles. The van der Waals surface area contributed by atoms with Crippen LogP contribution in [0.1, 0.15) is 73.1 Å². The molecule has 0 aromatic rings. The number of aliphatic imine (C=N–C) groups is 1. The maximum absolute atomic E-state index is 12.9. The number of alkyl halides is 1. The van der Waals surface area contributed by atoms with E-state index in [1.165, 1.54) is 22.3 Å². The highest BCUT2D eigenvalue weighted by Crippen LogP contribution is 2.14. The van der Waals surface area contributed by atoms with Crippen molar-refractivity contribution in [1.29, 1.82) is 0 Å². The average Bonchev–Trinajstić information content (AvgIpc) is 2.91. The predicted molar refractivity (Wildman–Crippen MR) is 107 cm³/mol. The fourth-order valence-corrected chi connectivity index (χ4v) is 2.61. The van der Waals surface area contributed by atoms with Crippen molar-refractivity contribution >= 4 is 5.90 Å². The van der Waals surface area contributed by atoms with Crippen LogP contribution in [0.3, 0.4) is 0 Å². The van der Waals surface area contributed by atoms with Crippen molar-refractivity contribution in [1.82, 2.24) is 0 Å². The first-order valence-corrected chi connectivity index (χ1v) is 9.33. The van der Waals surface area contributed by atoms with E-state index in [2.05, 4.69) is 50.9 Å². The monoisotopic (exact) mass is 347 g/mol. The molecule has 1 aliphatic rings. The van der Waals surface area contributed by atoms with Gasteiger partial charge in [-0.2, -0.15) is 0 Å². The van der Waals surface area contributed by atoms with Gasteiger partial charge in [-0.05, 0) is 79.2 Å². The maximum atomic E-state index is 12.9. The van der Waals surface area contributed by atoms with Crippen LogP contribution < -0.4 is 0 Å². The first-order valence-electron chi connectivity index (χ1n) is 9.33. The molecule has 2 nitrogen and oxygen atoms in total. The third-order valence-corrected chi connectivity index (χ3v) is 4.16. The molecule has 0 aromatic heterocycles. The Morgan fingerprint density at radius 2 is 1.44 bits per heavy atom. The normalized spacial score (nSPS) is 18.9. The zero-order valence-corrected chi connectivity index (χ0v) is 16.6. The van der Waals surface area contributed by atoms with Crippen LogP contribution >= 0.6 is 0 Å². The zero-order chi connectivity index (χ0) is 18.7. The summed E-state index contributed by atoms with van der Waals surface area (Å²) in [4.78, 5) is 3.79. The molecule has 0 fully saturated rings. The first-order chi connectivity index (χ1) is 11.9. The summed E-state index contributed by atoms with van der Waals surface area (Å²) in [6.07, 6.45) is 14.1. The SMILES string of the molecule is CC(C)=CCC/C(C)=C/CC/C(C)=C/CC/C(C)=C/C1=NC(F)CO1. The summed E-state index contributed by atoms with van der Waals surface area (Å²) in [5, 5.41) is 0. The Morgan fingerprint density at radius 1 is 0.920 bits per heavy atom. The predicted octanol–water partition coefficient (Wildman–Crippen LogP) is 6.86. The van der Waals surface area contributed by atoms with E-state index in [-0.39, 0.29) is 6.61 Å². The fourth-order valence-electron chi connectivity index (χ4n) is 2.61. The van der Waals surface area contributed by atoms with Crippen molar-refractivity contribution in [2.75, 3.05) is 6.61 Å². The summed E-state index contributed by atoms with van der Waals surface area (Å²) in [6, 6.07) is 0. The van der Waals surface area contributed by atoms with Crippen LogP contribution in [0.25, 0.3) is 0 Å². The molecular weight excluding hydrogens is 313 g/mol. The van der Waals surface area contributed by atoms with E-state index in [1.807, 2.05) is 13.0 Å². The minimum absolute atomic E-state index is 0.0550. The lowest BCUT2D eigenvalue weighted by Gasteiger charge is -2.03. The molecule has 1 rings (SSSR count). The van der Waals surface area contributed by atoms with Crippen LogP contribution in [0.2, 0.25) is 0 Å². The van der Waals surface area contributed by atoms with E-state index in [4.69, 9.17) is 4.74 Å². The van der Waals surface area contributed by atoms with Gasteiger partial charge in [0.25, 0.3) is 0 Å². The molecule has 1 heterocycles. The molecule has 0 amide bonds. The topological polar surface area (TPSA) is 21.6 Å². The Kier molecular flexibility index (Phi) is 10.1. The Bertz CT molecular complexity index is 563. The highest BCUT2D eigenvalue weighted by molar-refractivity contribution is 5.89. The van der Waals surface area contributed by atoms with Gasteiger partial charge in [0.2, 0.25) is 12.2 Å². The third kappa shape index (κ3) is 10.8. The highest BCUT2D eigenvalue weighted by atomic mass is 19.1. The van der Waals surface area contributed by atoms with Gasteiger partial charge in [0, 0.05) is 0 Å². The Labute approximate surface area is 153 Å². The van der Waals surface area contributed by atoms with Crippen LogP contribution in [0, 0.1) is 0 Å². The van der Waals surface area contributed by atoms with Crippen molar-refractivity contribution in [2.45, 2.75) is 79.4 Å². The molecule has 1 unspecified atom stereocenters. The van der Waals surface area contributed by atoms with Crippen LogP contribution in [0.5, 0.6) is 0 Å². The molecule has 3 heteroatoms. The summed E-state index contributed by atoms with van der Waals surface area (Å²) in [6.45, 7) is 10.8. The van der Waals surface area contributed by atoms with Gasteiger partial charge in [-0.3, -0.25) is 0 Å². The summed E-state index contributed by atoms with van der Waals surface area (Å²) in [5.74, 6) is 0.430. The zero-order valence-electron chi connectivity index (χ0n) is 16.6. The number of rotatable bonds is 10. The molecule has 0 saturated carbocycles. The van der Waals surface area contributed by atoms with E-state index < -0.39 is 6.30 Å². The second-order valence-electron chi connectivity index (χ2n) is 7.20. The van der Waals surface area contributed by atoms with Crippen LogP contribution in [-0.4, -0.2) is 18.8 Å². The maximum Gasteiger partial charge on any atom is 0.227 e. The number of hydrogen-bond donors (Lipinski definition) is 0. The minimum Gasteiger partial charge on any atom is -0.473 e. The van der Waals surface area contributed by atoms with Crippen molar-refractivity contribution in [2.24, 2.45) is 4.99 Å². The summed E-state index contributed by atoms with van der Waals surface area (Å²) < 4.78 is 18.1. The Hall–Kier alpha value is -1.64. The molecule has 0 spiro atoms. The summed E-state index contributed by atoms with van der Waals surface area (Å²) in [5.41, 5.74) is 5.48. The standard InChI is InChI=1S/C22H34FNO/c1-17(2)9-6-10-18(3)11-7-12-19(4)13-8-14-20(5)15-22-24-21(23)16-25-22/h9,11,13,15,21H,6-8,10,12,14,16H2,1-5H3/b18-11+,19-13+,20-15+. The van der Waals surface area contributed by atoms with Crippen LogP contribution in [-0.2, 0) is 4.74 Å². The molecule has 140 valence electrons. The molecular formula is C22H34FNO. The van der Waals surface area contributed by atoms with E-state index in [9.17, 15) is 4.39 Å². The van der Waals surface area contributed by atoms with Crippen molar-refractivity contribution in [3.8, 4) is 0 Å². The molecule has 0 aromatic carbocycles. The van der Waals surface area contributed by atoms with Gasteiger partial charge in [0.05, 0.1) is 0 Å². The lowest BCUT2D eigenvalue weighted by molar-refractivity contribution is 0.235. The number of hydrogen-bond acceptors (Lipinski definition) is 2. The Balaban J connectivity index is 2.26. The summed E-state index contributed by atoms with van der Waals surface area (Å²) >= 11 is 0. The van der Waals surface area contributed by atoms with Gasteiger partial charge in [-0.25, -0.2) is 9.38 Å². The van der Waals surface area contributed by atoms with Gasteiger partial charge in [0.1, 0.15) is 6.61 Å². The minimum atomic E-state index is -1.19. The molecule has 0 radical (unpaired) electrons. The second-order valence-corrected chi connectivity index (χ2v) is 7.20. The number of halogens is 1. The van der Waals surface area contributed by atoms with Gasteiger partial charge in [0.15, 0.2) is 0 Å². The Morgan fingerprint density at radius 3 is 1.92 bits per heavy atom. The molecule has 0 bridgehead atoms. The first kappa shape index (κ1) is 21.4. The van der Waals surface area contributed by atoms with Gasteiger partial charge < -0.3 is 4.74 Å². The highest BCUT2D eigenvalue weighted by Gasteiger charge is 2.15. The average molecular weight is 348 g/mol. The van der Waals surface area contributed by atoms with E-state index in [0.29, 0.717) is 5.90 Å². The van der Waals surface area contributed by atoms with Crippen molar-refractivity contribution in [3.05, 3.63) is 46.6 Å². The van der Waals surface area contributed by atoms with Crippen LogP contribution in [0.4, 0.5) is 4.39 Å². The number of allylic oxidation sites excluding steroid dienone is 7.